The number of benzene rings is 2. The number of carbonyl (C=O) groups excluding carboxylic acids is 1. The van der Waals surface area contributed by atoms with Gasteiger partial charge in [0.2, 0.25) is 0 Å². The Balaban J connectivity index is 1.61. The Labute approximate surface area is 161 Å². The molecule has 0 bridgehead atoms. The Morgan fingerprint density at radius 3 is 2.57 bits per heavy atom. The molecule has 0 amide bonds. The van der Waals surface area contributed by atoms with Crippen molar-refractivity contribution in [2.24, 2.45) is 0 Å². The molecule has 0 unspecified atom stereocenters. The third-order valence-corrected chi connectivity index (χ3v) is 4.50. The Kier molecular flexibility index (Phi) is 4.53. The van der Waals surface area contributed by atoms with E-state index >= 15 is 0 Å². The molecular weight excluding hydrogens is 356 g/mol. The molecule has 4 aromatic rings. The van der Waals surface area contributed by atoms with Crippen molar-refractivity contribution in [3.05, 3.63) is 88.0 Å². The zero-order chi connectivity index (χ0) is 19.7. The molecule has 0 radical (unpaired) electrons. The first kappa shape index (κ1) is 17.7. The van der Waals surface area contributed by atoms with E-state index in [1.807, 2.05) is 37.3 Å². The number of aromatic nitrogens is 2. The van der Waals surface area contributed by atoms with E-state index in [1.165, 1.54) is 17.6 Å². The van der Waals surface area contributed by atoms with Crippen molar-refractivity contribution in [1.82, 2.24) is 9.38 Å². The molecule has 0 fully saturated rings. The number of rotatable bonds is 4. The Morgan fingerprint density at radius 2 is 1.82 bits per heavy atom. The fraction of sp³-hybridized carbons (Fsp3) is 0.136. The molecule has 0 saturated heterocycles. The van der Waals surface area contributed by atoms with Crippen LogP contribution in [0, 0.1) is 6.92 Å². The molecule has 4 rings (SSSR count). The molecule has 0 saturated carbocycles. The first-order valence-corrected chi connectivity index (χ1v) is 8.78. The maximum absolute atomic E-state index is 12.6. The van der Waals surface area contributed by atoms with Crippen molar-refractivity contribution in [3.8, 4) is 5.75 Å². The molecule has 0 spiro atoms. The van der Waals surface area contributed by atoms with Crippen LogP contribution in [0.4, 0.5) is 0 Å². The molecule has 2 aromatic heterocycles. The summed E-state index contributed by atoms with van der Waals surface area (Å²) < 4.78 is 12.2. The van der Waals surface area contributed by atoms with Gasteiger partial charge < -0.3 is 9.47 Å². The minimum absolute atomic E-state index is 0.103. The lowest BCUT2D eigenvalue weighted by Crippen LogP contribution is -2.17. The zero-order valence-electron chi connectivity index (χ0n) is 15.5. The summed E-state index contributed by atoms with van der Waals surface area (Å²) >= 11 is 0. The fourth-order valence-corrected chi connectivity index (χ4v) is 3.10. The number of ether oxygens (including phenoxy) is 2. The summed E-state index contributed by atoms with van der Waals surface area (Å²) in [7, 11) is 1.51. The van der Waals surface area contributed by atoms with E-state index in [2.05, 4.69) is 4.98 Å². The van der Waals surface area contributed by atoms with E-state index in [9.17, 15) is 9.59 Å². The summed E-state index contributed by atoms with van der Waals surface area (Å²) in [6.07, 6.45) is 1.72. The van der Waals surface area contributed by atoms with Crippen molar-refractivity contribution < 1.29 is 14.3 Å². The van der Waals surface area contributed by atoms with Gasteiger partial charge in [0, 0.05) is 12.3 Å². The van der Waals surface area contributed by atoms with Gasteiger partial charge in [-0.15, -0.1) is 0 Å². The summed E-state index contributed by atoms with van der Waals surface area (Å²) in [5, 5.41) is 1.88. The first-order chi connectivity index (χ1) is 13.5. The number of hydrogen-bond donors (Lipinski definition) is 0. The third-order valence-electron chi connectivity index (χ3n) is 4.50. The van der Waals surface area contributed by atoms with Gasteiger partial charge in [-0.1, -0.05) is 30.3 Å². The summed E-state index contributed by atoms with van der Waals surface area (Å²) in [6, 6.07) is 16.2. The van der Waals surface area contributed by atoms with Crippen LogP contribution in [0.5, 0.6) is 5.75 Å². The van der Waals surface area contributed by atoms with Gasteiger partial charge in [-0.25, -0.2) is 9.78 Å². The molecule has 0 aliphatic carbocycles. The maximum atomic E-state index is 12.6. The molecule has 0 atom stereocenters. The molecule has 6 heteroatoms. The van der Waals surface area contributed by atoms with Crippen LogP contribution >= 0.6 is 0 Å². The molecular formula is C22H18N2O4. The summed E-state index contributed by atoms with van der Waals surface area (Å²) in [6.45, 7) is 1.80. The molecule has 140 valence electrons. The third kappa shape index (κ3) is 3.32. The lowest BCUT2D eigenvalue weighted by Gasteiger charge is -2.11. The molecule has 6 nitrogen and oxygen atoms in total. The van der Waals surface area contributed by atoms with Gasteiger partial charge in [-0.3, -0.25) is 9.20 Å². The molecule has 0 aliphatic heterocycles. The second-order valence-electron chi connectivity index (χ2n) is 6.50. The van der Waals surface area contributed by atoms with Crippen LogP contribution in [0.1, 0.15) is 21.6 Å². The molecule has 2 aromatic carbocycles. The Morgan fingerprint density at radius 1 is 1.07 bits per heavy atom. The number of esters is 1. The Hall–Kier alpha value is -3.67. The number of pyridine rings is 1. The standard InChI is InChI=1S/C22H18N2O4/c1-14-7-8-20-23-17(11-21(25)24(20)12-14)13-28-22(26)18-9-15-5-3-4-6-16(15)10-19(18)27-2/h3-12H,13H2,1-2H3. The SMILES string of the molecule is COc1cc2ccccc2cc1C(=O)OCc1cc(=O)n2cc(C)ccc2n1. The van der Waals surface area contributed by atoms with Crippen LogP contribution in [0.25, 0.3) is 16.4 Å². The van der Waals surface area contributed by atoms with Gasteiger partial charge >= 0.3 is 5.97 Å². The number of methoxy groups -OCH3 is 1. The minimum atomic E-state index is -0.534. The van der Waals surface area contributed by atoms with Crippen LogP contribution in [0.3, 0.4) is 0 Å². The van der Waals surface area contributed by atoms with E-state index < -0.39 is 5.97 Å². The van der Waals surface area contributed by atoms with E-state index in [1.54, 1.807) is 24.4 Å². The van der Waals surface area contributed by atoms with Crippen LogP contribution in [-0.4, -0.2) is 22.5 Å². The van der Waals surface area contributed by atoms with Gasteiger partial charge in [0.05, 0.1) is 12.8 Å². The van der Waals surface area contributed by atoms with Gasteiger partial charge in [0.25, 0.3) is 5.56 Å². The zero-order valence-corrected chi connectivity index (χ0v) is 15.5. The van der Waals surface area contributed by atoms with Crippen LogP contribution in [0.2, 0.25) is 0 Å². The minimum Gasteiger partial charge on any atom is -0.496 e. The number of hydrogen-bond acceptors (Lipinski definition) is 5. The largest absolute Gasteiger partial charge is 0.496 e. The normalized spacial score (nSPS) is 10.9. The van der Waals surface area contributed by atoms with E-state index in [0.29, 0.717) is 22.7 Å². The van der Waals surface area contributed by atoms with Crippen molar-refractivity contribution in [3.63, 3.8) is 0 Å². The monoisotopic (exact) mass is 374 g/mol. The molecule has 2 heterocycles. The predicted octanol–water partition coefficient (Wildman–Crippen LogP) is 3.52. The average molecular weight is 374 g/mol. The van der Waals surface area contributed by atoms with Crippen molar-refractivity contribution in [2.45, 2.75) is 13.5 Å². The molecule has 0 aliphatic rings. The number of fused-ring (bicyclic) bond motifs is 2. The van der Waals surface area contributed by atoms with Crippen LogP contribution < -0.4 is 10.3 Å². The van der Waals surface area contributed by atoms with Gasteiger partial charge in [-0.05, 0) is 41.5 Å². The average Bonchev–Trinajstić information content (AvgIpc) is 2.71. The topological polar surface area (TPSA) is 69.9 Å². The van der Waals surface area contributed by atoms with E-state index in [4.69, 9.17) is 9.47 Å². The van der Waals surface area contributed by atoms with Gasteiger partial charge in [-0.2, -0.15) is 0 Å². The van der Waals surface area contributed by atoms with E-state index in [0.717, 1.165) is 16.3 Å². The van der Waals surface area contributed by atoms with Crippen molar-refractivity contribution in [2.75, 3.05) is 7.11 Å². The van der Waals surface area contributed by atoms with Crippen LogP contribution in [-0.2, 0) is 11.3 Å². The lowest BCUT2D eigenvalue weighted by atomic mass is 10.1. The quantitative estimate of drug-likeness (QED) is 0.511. The first-order valence-electron chi connectivity index (χ1n) is 8.78. The highest BCUT2D eigenvalue weighted by Crippen LogP contribution is 2.26. The van der Waals surface area contributed by atoms with Gasteiger partial charge in [0.1, 0.15) is 23.6 Å². The smallest absolute Gasteiger partial charge is 0.342 e. The molecule has 28 heavy (non-hydrogen) atoms. The highest BCUT2D eigenvalue weighted by Gasteiger charge is 2.16. The summed E-state index contributed by atoms with van der Waals surface area (Å²) in [5.74, 6) is -0.0979. The highest BCUT2D eigenvalue weighted by atomic mass is 16.5. The van der Waals surface area contributed by atoms with Crippen LogP contribution in [0.15, 0.2) is 65.6 Å². The van der Waals surface area contributed by atoms with E-state index in [-0.39, 0.29) is 12.2 Å². The fourth-order valence-electron chi connectivity index (χ4n) is 3.10. The maximum Gasteiger partial charge on any atom is 0.342 e. The second-order valence-corrected chi connectivity index (χ2v) is 6.50. The van der Waals surface area contributed by atoms with Gasteiger partial charge in [0.15, 0.2) is 0 Å². The van der Waals surface area contributed by atoms with Crippen molar-refractivity contribution >= 4 is 22.4 Å². The van der Waals surface area contributed by atoms with Crippen molar-refractivity contribution in [1.29, 1.82) is 0 Å². The lowest BCUT2D eigenvalue weighted by molar-refractivity contribution is 0.0464. The summed E-state index contributed by atoms with van der Waals surface area (Å²) in [4.78, 5) is 29.3. The predicted molar refractivity (Wildman–Crippen MR) is 106 cm³/mol. The highest BCUT2D eigenvalue weighted by molar-refractivity contribution is 5.98. The second kappa shape index (κ2) is 7.15. The number of carbonyl (C=O) groups is 1. The summed E-state index contributed by atoms with van der Waals surface area (Å²) in [5.41, 5.74) is 1.96. The molecule has 0 N–H and O–H groups in total. The number of aryl methyl sites for hydroxylation is 1. The Bertz CT molecular complexity index is 1260. The number of nitrogens with zero attached hydrogens (tertiary/aromatic N) is 2.